The molecule has 3 heterocycles. The molecule has 2 aromatic rings. The van der Waals surface area contributed by atoms with Gasteiger partial charge in [0.1, 0.15) is 5.75 Å². The zero-order valence-electron chi connectivity index (χ0n) is 19.2. The van der Waals surface area contributed by atoms with Gasteiger partial charge in [-0.05, 0) is 87.0 Å². The zero-order chi connectivity index (χ0) is 22.7. The minimum absolute atomic E-state index is 0.261. The molecule has 0 aliphatic carbocycles. The van der Waals surface area contributed by atoms with Crippen LogP contribution in [0.15, 0.2) is 33.7 Å². The molecular weight excluding hydrogens is 428 g/mol. The minimum atomic E-state index is -3.17. The highest BCUT2D eigenvalue weighted by molar-refractivity contribution is 7.90. The van der Waals surface area contributed by atoms with Crippen molar-refractivity contribution < 1.29 is 17.7 Å². The Morgan fingerprint density at radius 3 is 2.50 bits per heavy atom. The van der Waals surface area contributed by atoms with E-state index in [1.165, 1.54) is 12.7 Å². The minimum Gasteiger partial charge on any atom is -0.494 e. The molecule has 32 heavy (non-hydrogen) atoms. The van der Waals surface area contributed by atoms with Gasteiger partial charge in [0.15, 0.2) is 9.84 Å². The van der Waals surface area contributed by atoms with E-state index in [1.54, 1.807) is 24.3 Å². The molecule has 1 aromatic carbocycles. The number of ether oxygens (including phenoxy) is 1. The van der Waals surface area contributed by atoms with Crippen LogP contribution in [0.2, 0.25) is 0 Å². The number of nitrogens with zero attached hydrogens (tertiary/aromatic N) is 4. The van der Waals surface area contributed by atoms with Gasteiger partial charge in [0.05, 0.1) is 17.5 Å². The highest BCUT2D eigenvalue weighted by atomic mass is 32.2. The molecule has 1 unspecified atom stereocenters. The first-order chi connectivity index (χ1) is 15.3. The maximum Gasteiger partial charge on any atom is 0.266 e. The highest BCUT2D eigenvalue weighted by Crippen LogP contribution is 2.32. The summed E-state index contributed by atoms with van der Waals surface area (Å²) in [5.41, 5.74) is 0. The quantitative estimate of drug-likeness (QED) is 0.588. The molecule has 0 radical (unpaired) electrons. The molecule has 4 rings (SSSR count). The number of piperidine rings is 1. The second-order valence-electron chi connectivity index (χ2n) is 9.25. The fraction of sp³-hybridized carbons (Fsp3) is 0.652. The van der Waals surface area contributed by atoms with E-state index >= 15 is 0 Å². The average Bonchev–Trinajstić information content (AvgIpc) is 3.42. The van der Waals surface area contributed by atoms with Crippen molar-refractivity contribution in [3.63, 3.8) is 0 Å². The van der Waals surface area contributed by atoms with Crippen molar-refractivity contribution in [1.29, 1.82) is 0 Å². The van der Waals surface area contributed by atoms with Crippen LogP contribution in [0.3, 0.4) is 0 Å². The lowest BCUT2D eigenvalue weighted by Gasteiger charge is -2.34. The van der Waals surface area contributed by atoms with Crippen LogP contribution in [-0.2, 0) is 9.84 Å². The molecule has 2 fully saturated rings. The first-order valence-corrected chi connectivity index (χ1v) is 13.4. The lowest BCUT2D eigenvalue weighted by molar-refractivity contribution is 0.222. The summed E-state index contributed by atoms with van der Waals surface area (Å²) < 4.78 is 34.5. The van der Waals surface area contributed by atoms with Crippen LogP contribution >= 0.6 is 0 Å². The molecule has 0 amide bonds. The molecular formula is C23H34N4O4S. The van der Waals surface area contributed by atoms with Crippen LogP contribution in [0.4, 0.5) is 5.95 Å². The number of rotatable bonds is 8. The van der Waals surface area contributed by atoms with Gasteiger partial charge in [0.2, 0.25) is 5.89 Å². The first-order valence-electron chi connectivity index (χ1n) is 11.5. The van der Waals surface area contributed by atoms with Gasteiger partial charge < -0.3 is 14.2 Å². The molecule has 0 bridgehead atoms. The van der Waals surface area contributed by atoms with Crippen LogP contribution in [0.5, 0.6) is 5.75 Å². The van der Waals surface area contributed by atoms with Crippen LogP contribution < -0.4 is 9.64 Å². The summed E-state index contributed by atoms with van der Waals surface area (Å²) in [6, 6.07) is 6.90. The van der Waals surface area contributed by atoms with Crippen molar-refractivity contribution in [2.45, 2.75) is 50.0 Å². The smallest absolute Gasteiger partial charge is 0.266 e. The van der Waals surface area contributed by atoms with Gasteiger partial charge in [-0.1, -0.05) is 6.92 Å². The summed E-state index contributed by atoms with van der Waals surface area (Å²) in [5, 5.41) is 4.25. The summed E-state index contributed by atoms with van der Waals surface area (Å²) in [6.07, 6.45) is 6.66. The van der Waals surface area contributed by atoms with E-state index in [0.717, 1.165) is 57.2 Å². The second kappa shape index (κ2) is 9.79. The van der Waals surface area contributed by atoms with E-state index < -0.39 is 9.84 Å². The molecule has 2 aliphatic heterocycles. The molecule has 0 N–H and O–H groups in total. The van der Waals surface area contributed by atoms with Gasteiger partial charge in [-0.2, -0.15) is 4.98 Å². The van der Waals surface area contributed by atoms with E-state index in [1.807, 2.05) is 0 Å². The van der Waals surface area contributed by atoms with Crippen LogP contribution in [-0.4, -0.2) is 63.0 Å². The van der Waals surface area contributed by atoms with Crippen LogP contribution in [0, 0.1) is 11.8 Å². The molecule has 0 spiro atoms. The third-order valence-corrected chi connectivity index (χ3v) is 8.09. The first kappa shape index (κ1) is 23.0. The molecule has 2 saturated heterocycles. The Bertz CT molecular complexity index is 984. The van der Waals surface area contributed by atoms with E-state index in [0.29, 0.717) is 29.1 Å². The van der Waals surface area contributed by atoms with E-state index in [9.17, 15) is 8.42 Å². The van der Waals surface area contributed by atoms with E-state index in [-0.39, 0.29) is 6.04 Å². The standard InChI is InChI=1S/C23H34N4O4S/c1-17(12-16-30-19-6-8-20(9-7-19)32(3,28)29)18-10-14-27(15-11-18)23-24-22(31-25-23)21-5-4-13-26(21)2/h6-9,17-18,21H,4-5,10-16H2,1-3H3/t17-,21?/m1/s1. The van der Waals surface area contributed by atoms with E-state index in [4.69, 9.17) is 9.26 Å². The Balaban J connectivity index is 1.21. The number of hydrogen-bond acceptors (Lipinski definition) is 8. The number of aromatic nitrogens is 2. The molecule has 8 nitrogen and oxygen atoms in total. The monoisotopic (exact) mass is 462 g/mol. The Morgan fingerprint density at radius 1 is 1.16 bits per heavy atom. The Kier molecular flexibility index (Phi) is 7.05. The predicted octanol–water partition coefficient (Wildman–Crippen LogP) is 3.56. The summed E-state index contributed by atoms with van der Waals surface area (Å²) >= 11 is 0. The van der Waals surface area contributed by atoms with Crippen molar-refractivity contribution in [2.75, 3.05) is 44.4 Å². The Morgan fingerprint density at radius 2 is 1.88 bits per heavy atom. The molecule has 1 aromatic heterocycles. The normalized spacial score (nSPS) is 21.7. The number of likely N-dealkylation sites (tertiary alicyclic amines) is 1. The number of sulfone groups is 1. The molecule has 9 heteroatoms. The number of anilines is 1. The fourth-order valence-corrected chi connectivity index (χ4v) is 5.39. The lowest BCUT2D eigenvalue weighted by Crippen LogP contribution is -2.36. The SMILES string of the molecule is C[C@H](CCOc1ccc(S(C)(=O)=O)cc1)C1CCN(c2noc(C3CCCN3C)n2)CC1. The Hall–Kier alpha value is -2.13. The fourth-order valence-electron chi connectivity index (χ4n) is 4.76. The second-order valence-corrected chi connectivity index (χ2v) is 11.3. The topological polar surface area (TPSA) is 88.8 Å². The summed E-state index contributed by atoms with van der Waals surface area (Å²) in [4.78, 5) is 9.53. The highest BCUT2D eigenvalue weighted by Gasteiger charge is 2.30. The van der Waals surface area contributed by atoms with Crippen molar-refractivity contribution in [3.05, 3.63) is 30.2 Å². The Labute approximate surface area is 190 Å². The van der Waals surface area contributed by atoms with Gasteiger partial charge in [0.25, 0.3) is 5.95 Å². The van der Waals surface area contributed by atoms with Gasteiger partial charge >= 0.3 is 0 Å². The summed E-state index contributed by atoms with van der Waals surface area (Å²) in [5.74, 6) is 3.39. The summed E-state index contributed by atoms with van der Waals surface area (Å²) in [7, 11) is -1.06. The third-order valence-electron chi connectivity index (χ3n) is 6.96. The number of hydrogen-bond donors (Lipinski definition) is 0. The van der Waals surface area contributed by atoms with Crippen molar-refractivity contribution in [2.24, 2.45) is 11.8 Å². The molecule has 176 valence electrons. The molecule has 2 atom stereocenters. The van der Waals surface area contributed by atoms with Crippen molar-refractivity contribution in [3.8, 4) is 5.75 Å². The van der Waals surface area contributed by atoms with Gasteiger partial charge in [-0.3, -0.25) is 4.90 Å². The zero-order valence-corrected chi connectivity index (χ0v) is 20.1. The largest absolute Gasteiger partial charge is 0.494 e. The van der Waals surface area contributed by atoms with Gasteiger partial charge in [-0.25, -0.2) is 8.42 Å². The predicted molar refractivity (Wildman–Crippen MR) is 123 cm³/mol. The lowest BCUT2D eigenvalue weighted by atomic mass is 9.84. The summed E-state index contributed by atoms with van der Waals surface area (Å²) in [6.45, 7) is 5.90. The molecule has 2 aliphatic rings. The van der Waals surface area contributed by atoms with E-state index in [2.05, 4.69) is 33.9 Å². The third kappa shape index (κ3) is 5.43. The average molecular weight is 463 g/mol. The van der Waals surface area contributed by atoms with Gasteiger partial charge in [0, 0.05) is 19.3 Å². The van der Waals surface area contributed by atoms with Crippen LogP contribution in [0.25, 0.3) is 0 Å². The number of benzene rings is 1. The maximum absolute atomic E-state index is 11.6. The van der Waals surface area contributed by atoms with Crippen molar-refractivity contribution >= 4 is 15.8 Å². The van der Waals surface area contributed by atoms with Crippen molar-refractivity contribution in [1.82, 2.24) is 15.0 Å². The molecule has 0 saturated carbocycles. The van der Waals surface area contributed by atoms with Gasteiger partial charge in [-0.15, -0.1) is 0 Å². The van der Waals surface area contributed by atoms with Crippen LogP contribution in [0.1, 0.15) is 51.0 Å². The maximum atomic E-state index is 11.6.